The fraction of sp³-hybridized carbons (Fsp3) is 0.592. The van der Waals surface area contributed by atoms with Crippen molar-refractivity contribution in [2.24, 2.45) is 28.4 Å². The van der Waals surface area contributed by atoms with E-state index < -0.39 is 49.8 Å². The Labute approximate surface area is 400 Å². The minimum atomic E-state index is -4.07. The van der Waals surface area contributed by atoms with Gasteiger partial charge in [0.05, 0.1) is 47.1 Å². The molecule has 372 valence electrons. The van der Waals surface area contributed by atoms with Crippen molar-refractivity contribution in [1.82, 2.24) is 13.9 Å². The number of fused-ring (bicyclic) bond motifs is 1. The number of nitriles is 1. The lowest BCUT2D eigenvalue weighted by atomic mass is 9.87. The van der Waals surface area contributed by atoms with Crippen molar-refractivity contribution in [2.45, 2.75) is 114 Å². The van der Waals surface area contributed by atoms with Gasteiger partial charge in [-0.05, 0) is 97.4 Å². The zero-order chi connectivity index (χ0) is 49.4. The second kappa shape index (κ2) is 25.3. The van der Waals surface area contributed by atoms with Gasteiger partial charge in [-0.1, -0.05) is 84.0 Å². The normalized spacial score (nSPS) is 18.4. The molecule has 67 heavy (non-hydrogen) atoms. The van der Waals surface area contributed by atoms with Gasteiger partial charge in [-0.15, -0.1) is 0 Å². The van der Waals surface area contributed by atoms with Gasteiger partial charge in [0.1, 0.15) is 6.10 Å². The second-order valence-electron chi connectivity index (χ2n) is 19.4. The lowest BCUT2D eigenvalue weighted by molar-refractivity contribution is -0.0907. The third-order valence-corrected chi connectivity index (χ3v) is 15.6. The SMILES string of the molecule is CNc1cccc(S(=O)(=O)N(CC(C)C)CC(C)(C)CCCN)c1.CNc1cccc(S(=O)(=O)N(CC(O)C(Cc2ccccc2)NC(=O)OC2COC3OCCC23)CC(C)(C)CCC#N)c1. The molecular formula is C49H75N7O9S2. The molecule has 6 N–H and O–H groups in total. The van der Waals surface area contributed by atoms with E-state index in [0.717, 1.165) is 30.5 Å². The number of nitrogens with one attached hydrogen (secondary N) is 3. The monoisotopic (exact) mass is 970 g/mol. The Morgan fingerprint density at radius 3 is 1.97 bits per heavy atom. The summed E-state index contributed by atoms with van der Waals surface area (Å²) in [6.45, 7) is 14.3. The van der Waals surface area contributed by atoms with E-state index in [9.17, 15) is 26.7 Å². The third-order valence-electron chi connectivity index (χ3n) is 12.0. The maximum absolute atomic E-state index is 14.0. The van der Waals surface area contributed by atoms with Crippen LogP contribution in [0, 0.1) is 34.0 Å². The number of aliphatic hydroxyl groups excluding tert-OH is 1. The fourth-order valence-corrected chi connectivity index (χ4v) is 11.8. The first-order chi connectivity index (χ1) is 31.6. The molecule has 16 nitrogen and oxygen atoms in total. The maximum atomic E-state index is 14.0. The number of amides is 1. The molecule has 0 aromatic heterocycles. The van der Waals surface area contributed by atoms with Crippen molar-refractivity contribution in [1.29, 1.82) is 5.26 Å². The zero-order valence-corrected chi connectivity index (χ0v) is 42.2. The molecule has 3 aromatic rings. The van der Waals surface area contributed by atoms with E-state index in [1.807, 2.05) is 64.1 Å². The van der Waals surface area contributed by atoms with Crippen LogP contribution in [-0.2, 0) is 40.7 Å². The average molecular weight is 970 g/mol. The molecule has 3 aromatic carbocycles. The minimum Gasteiger partial charge on any atom is -0.443 e. The molecule has 0 aliphatic carbocycles. The second-order valence-corrected chi connectivity index (χ2v) is 23.3. The van der Waals surface area contributed by atoms with Gasteiger partial charge < -0.3 is 41.0 Å². The number of aliphatic hydroxyl groups is 1. The summed E-state index contributed by atoms with van der Waals surface area (Å²) in [4.78, 5) is 13.5. The summed E-state index contributed by atoms with van der Waals surface area (Å²) in [5, 5.41) is 29.5. The van der Waals surface area contributed by atoms with Crippen LogP contribution in [0.2, 0.25) is 0 Å². The van der Waals surface area contributed by atoms with Crippen molar-refractivity contribution in [3.05, 3.63) is 84.4 Å². The number of carbonyl (C=O) groups excluding carboxylic acids is 1. The van der Waals surface area contributed by atoms with Gasteiger partial charge >= 0.3 is 6.09 Å². The third kappa shape index (κ3) is 16.7. The molecule has 0 spiro atoms. The van der Waals surface area contributed by atoms with Crippen LogP contribution in [0.15, 0.2) is 88.7 Å². The number of rotatable bonds is 24. The van der Waals surface area contributed by atoms with Crippen LogP contribution in [0.1, 0.15) is 79.2 Å². The number of hydrogen-bond acceptors (Lipinski definition) is 13. The predicted octanol–water partition coefficient (Wildman–Crippen LogP) is 6.65. The van der Waals surface area contributed by atoms with Gasteiger partial charge in [0.2, 0.25) is 20.0 Å². The molecule has 5 atom stereocenters. The molecule has 5 rings (SSSR count). The van der Waals surface area contributed by atoms with Gasteiger partial charge in [-0.2, -0.15) is 13.9 Å². The zero-order valence-electron chi connectivity index (χ0n) is 40.6. The molecule has 0 bridgehead atoms. The van der Waals surface area contributed by atoms with Gasteiger partial charge in [0, 0.05) is 58.1 Å². The molecule has 2 heterocycles. The largest absolute Gasteiger partial charge is 0.443 e. The number of hydrogen-bond donors (Lipinski definition) is 5. The Morgan fingerprint density at radius 2 is 1.43 bits per heavy atom. The molecule has 18 heteroatoms. The Balaban J connectivity index is 0.000000346. The van der Waals surface area contributed by atoms with Crippen LogP contribution < -0.4 is 21.7 Å². The van der Waals surface area contributed by atoms with Crippen LogP contribution in [-0.4, -0.2) is 121 Å². The molecule has 0 saturated carbocycles. The van der Waals surface area contributed by atoms with E-state index in [0.29, 0.717) is 43.2 Å². The van der Waals surface area contributed by atoms with Gasteiger partial charge in [-0.25, -0.2) is 21.6 Å². The van der Waals surface area contributed by atoms with Crippen LogP contribution in [0.5, 0.6) is 0 Å². The van der Waals surface area contributed by atoms with E-state index in [1.54, 1.807) is 48.7 Å². The summed E-state index contributed by atoms with van der Waals surface area (Å²) in [7, 11) is -4.11. The van der Waals surface area contributed by atoms with Crippen molar-refractivity contribution >= 4 is 37.5 Å². The van der Waals surface area contributed by atoms with E-state index in [-0.39, 0.29) is 61.0 Å². The van der Waals surface area contributed by atoms with Gasteiger partial charge in [0.25, 0.3) is 0 Å². The molecular weight excluding hydrogens is 895 g/mol. The predicted molar refractivity (Wildman–Crippen MR) is 262 cm³/mol. The number of nitrogens with zero attached hydrogens (tertiary/aromatic N) is 3. The quantitative estimate of drug-likeness (QED) is 0.0635. The summed E-state index contributed by atoms with van der Waals surface area (Å²) in [6.07, 6.45) is 0.650. The molecule has 0 radical (unpaired) electrons. The number of anilines is 2. The maximum Gasteiger partial charge on any atom is 0.407 e. The lowest BCUT2D eigenvalue weighted by Gasteiger charge is -2.35. The topological polar surface area (TPSA) is 226 Å². The minimum absolute atomic E-state index is 0.0482. The van der Waals surface area contributed by atoms with Crippen molar-refractivity contribution in [3.8, 4) is 6.07 Å². The standard InChI is InChI=1S/C31H42N4O7S.C18H33N3O2S/c1-31(2,14-8-15-32)21-35(43(38,39)24-12-7-11-23(18-24)33-3)19-27(36)26(17-22-9-5-4-6-10-22)34-30(37)42-28-20-41-29-25(28)13-16-40-29;1-15(2)13-21(14-18(3,4)10-7-11-19)24(22,23)17-9-6-8-16(12-17)20-5/h4-7,9-12,18,25-29,33,36H,8,13-14,16-17,19-21H2,1-3H3,(H,34,37);6,8-9,12,15,20H,7,10-11,13-14,19H2,1-5H3. The molecule has 2 aliphatic rings. The van der Waals surface area contributed by atoms with Gasteiger partial charge in [0.15, 0.2) is 6.29 Å². The smallest absolute Gasteiger partial charge is 0.407 e. The highest BCUT2D eigenvalue weighted by Crippen LogP contribution is 2.34. The first kappa shape index (κ1) is 55.3. The number of sulfonamides is 2. The lowest BCUT2D eigenvalue weighted by Crippen LogP contribution is -2.52. The Morgan fingerprint density at radius 1 is 0.866 bits per heavy atom. The molecule has 2 fully saturated rings. The number of nitrogens with two attached hydrogens (primary N) is 1. The van der Waals surface area contributed by atoms with E-state index in [4.69, 9.17) is 25.2 Å². The molecule has 2 aliphatic heterocycles. The van der Waals surface area contributed by atoms with E-state index in [1.165, 1.54) is 16.4 Å². The Hall–Kier alpha value is -4.32. The summed E-state index contributed by atoms with van der Waals surface area (Å²) in [5.41, 5.74) is 7.22. The molecule has 5 unspecified atom stereocenters. The number of ether oxygens (including phenoxy) is 3. The first-order valence-corrected chi connectivity index (χ1v) is 26.1. The number of benzene rings is 3. The summed E-state index contributed by atoms with van der Waals surface area (Å²) in [6, 6.07) is 24.0. The summed E-state index contributed by atoms with van der Waals surface area (Å²) >= 11 is 0. The summed E-state index contributed by atoms with van der Waals surface area (Å²) in [5.74, 6) is 0.213. The highest BCUT2D eigenvalue weighted by atomic mass is 32.2. The van der Waals surface area contributed by atoms with Crippen LogP contribution in [0.4, 0.5) is 16.2 Å². The highest BCUT2D eigenvalue weighted by molar-refractivity contribution is 7.89. The molecule has 2 saturated heterocycles. The average Bonchev–Trinajstić information content (AvgIpc) is 3.92. The van der Waals surface area contributed by atoms with Crippen molar-refractivity contribution in [2.75, 3.05) is 70.7 Å². The van der Waals surface area contributed by atoms with Crippen molar-refractivity contribution in [3.63, 3.8) is 0 Å². The fourth-order valence-electron chi connectivity index (χ4n) is 8.27. The number of alkyl carbamates (subject to hydrolysis) is 1. The number of carbonyl (C=O) groups is 1. The van der Waals surface area contributed by atoms with E-state index in [2.05, 4.69) is 35.9 Å². The highest BCUT2D eigenvalue weighted by Gasteiger charge is 2.44. The van der Waals surface area contributed by atoms with Crippen LogP contribution >= 0.6 is 0 Å². The summed E-state index contributed by atoms with van der Waals surface area (Å²) < 4.78 is 74.0. The van der Waals surface area contributed by atoms with Crippen molar-refractivity contribution < 1.29 is 40.9 Å². The Bertz CT molecular complexity index is 2270. The first-order valence-electron chi connectivity index (χ1n) is 23.2. The molecule has 1 amide bonds. The van der Waals surface area contributed by atoms with Gasteiger partial charge in [-0.3, -0.25) is 0 Å². The Kier molecular flexibility index (Phi) is 20.9. The van der Waals surface area contributed by atoms with Crippen LogP contribution in [0.3, 0.4) is 0 Å². The van der Waals surface area contributed by atoms with E-state index >= 15 is 0 Å². The van der Waals surface area contributed by atoms with Crippen LogP contribution in [0.25, 0.3) is 0 Å².